The van der Waals surface area contributed by atoms with E-state index in [-0.39, 0.29) is 12.2 Å². The number of hydrogen-bond acceptors (Lipinski definition) is 3. The van der Waals surface area contributed by atoms with Crippen LogP contribution in [-0.2, 0) is 6.54 Å². The molecule has 5 heteroatoms. The van der Waals surface area contributed by atoms with Gasteiger partial charge in [0.2, 0.25) is 0 Å². The molecule has 1 unspecified atom stereocenters. The van der Waals surface area contributed by atoms with Crippen LogP contribution in [0.1, 0.15) is 35.9 Å². The summed E-state index contributed by atoms with van der Waals surface area (Å²) in [5, 5.41) is 18.1. The first kappa shape index (κ1) is 14.5. The quantitative estimate of drug-likeness (QED) is 0.849. The van der Waals surface area contributed by atoms with Gasteiger partial charge in [0.1, 0.15) is 5.82 Å². The standard InChI is InChI=1S/C15H20N2O3/c1-10(9-18)4-3-7-17-11(2)16-13-6-5-12(15(19)20)8-14(13)17/h5-6,8,10,18H,3-4,7,9H2,1-2H3,(H,19,20). The minimum absolute atomic E-state index is 0.201. The molecule has 0 saturated carbocycles. The molecule has 2 N–H and O–H groups in total. The molecule has 0 amide bonds. The molecular formula is C15H20N2O3. The smallest absolute Gasteiger partial charge is 0.335 e. The summed E-state index contributed by atoms with van der Waals surface area (Å²) in [5.74, 6) is 0.255. The van der Waals surface area contributed by atoms with Crippen LogP contribution in [0.5, 0.6) is 0 Å². The highest BCUT2D eigenvalue weighted by atomic mass is 16.4. The number of aromatic nitrogens is 2. The van der Waals surface area contributed by atoms with Gasteiger partial charge >= 0.3 is 5.97 Å². The Balaban J connectivity index is 2.24. The van der Waals surface area contributed by atoms with Crippen LogP contribution in [0, 0.1) is 12.8 Å². The van der Waals surface area contributed by atoms with Crippen molar-refractivity contribution >= 4 is 17.0 Å². The largest absolute Gasteiger partial charge is 0.478 e. The van der Waals surface area contributed by atoms with Gasteiger partial charge in [-0.25, -0.2) is 9.78 Å². The molecule has 1 atom stereocenters. The van der Waals surface area contributed by atoms with Gasteiger partial charge in [0.05, 0.1) is 16.6 Å². The van der Waals surface area contributed by atoms with Gasteiger partial charge in [-0.3, -0.25) is 0 Å². The summed E-state index contributed by atoms with van der Waals surface area (Å²) in [6.45, 7) is 4.93. The number of hydrogen-bond donors (Lipinski definition) is 2. The maximum atomic E-state index is 11.0. The molecule has 0 aliphatic heterocycles. The lowest BCUT2D eigenvalue weighted by atomic mass is 10.1. The first-order chi connectivity index (χ1) is 9.52. The molecule has 1 aromatic heterocycles. The van der Waals surface area contributed by atoms with Gasteiger partial charge in [0.15, 0.2) is 0 Å². The summed E-state index contributed by atoms with van der Waals surface area (Å²) in [5.41, 5.74) is 1.96. The SMILES string of the molecule is Cc1nc2ccc(C(=O)O)cc2n1CCCC(C)CO. The normalized spacial score (nSPS) is 12.8. The third-order valence-corrected chi connectivity index (χ3v) is 3.58. The van der Waals surface area contributed by atoms with Crippen LogP contribution in [0.15, 0.2) is 18.2 Å². The molecule has 108 valence electrons. The zero-order valence-corrected chi connectivity index (χ0v) is 11.8. The Bertz CT molecular complexity index is 619. The predicted molar refractivity (Wildman–Crippen MR) is 76.9 cm³/mol. The molecule has 0 aliphatic rings. The molecule has 0 radical (unpaired) electrons. The second-order valence-corrected chi connectivity index (χ2v) is 5.25. The Morgan fingerprint density at radius 2 is 2.20 bits per heavy atom. The summed E-state index contributed by atoms with van der Waals surface area (Å²) in [4.78, 5) is 15.5. The van der Waals surface area contributed by atoms with Crippen molar-refractivity contribution in [2.24, 2.45) is 5.92 Å². The fourth-order valence-electron chi connectivity index (χ4n) is 2.35. The number of carbonyl (C=O) groups is 1. The Morgan fingerprint density at radius 1 is 1.45 bits per heavy atom. The summed E-state index contributed by atoms with van der Waals surface area (Å²) >= 11 is 0. The number of nitrogens with zero attached hydrogens (tertiary/aromatic N) is 2. The van der Waals surface area contributed by atoms with Crippen LogP contribution in [-0.4, -0.2) is 32.3 Å². The maximum Gasteiger partial charge on any atom is 0.335 e. The molecule has 2 rings (SSSR count). The lowest BCUT2D eigenvalue weighted by Gasteiger charge is -2.10. The second kappa shape index (κ2) is 6.05. The van der Waals surface area contributed by atoms with Crippen LogP contribution in [0.25, 0.3) is 11.0 Å². The number of carboxylic acids is 1. The van der Waals surface area contributed by atoms with Gasteiger partial charge in [-0.1, -0.05) is 6.92 Å². The Labute approximate surface area is 117 Å². The number of aliphatic hydroxyl groups excluding tert-OH is 1. The highest BCUT2D eigenvalue weighted by molar-refractivity contribution is 5.92. The number of carboxylic acid groups (broad SMARTS) is 1. The lowest BCUT2D eigenvalue weighted by Crippen LogP contribution is -2.06. The predicted octanol–water partition coefficient (Wildman–Crippen LogP) is 2.45. The molecule has 0 aliphatic carbocycles. The summed E-state index contributed by atoms with van der Waals surface area (Å²) in [7, 11) is 0. The fraction of sp³-hybridized carbons (Fsp3) is 0.467. The van der Waals surface area contributed by atoms with E-state index >= 15 is 0 Å². The highest BCUT2D eigenvalue weighted by Gasteiger charge is 2.11. The van der Waals surface area contributed by atoms with E-state index in [0.29, 0.717) is 5.92 Å². The van der Waals surface area contributed by atoms with Crippen LogP contribution >= 0.6 is 0 Å². The second-order valence-electron chi connectivity index (χ2n) is 5.25. The van der Waals surface area contributed by atoms with Crippen LogP contribution in [0.2, 0.25) is 0 Å². The summed E-state index contributed by atoms with van der Waals surface area (Å²) < 4.78 is 2.05. The van der Waals surface area contributed by atoms with E-state index in [1.807, 2.05) is 18.4 Å². The van der Waals surface area contributed by atoms with Crippen molar-refractivity contribution in [3.05, 3.63) is 29.6 Å². The molecule has 5 nitrogen and oxygen atoms in total. The van der Waals surface area contributed by atoms with Crippen molar-refractivity contribution in [1.29, 1.82) is 0 Å². The number of rotatable bonds is 6. The van der Waals surface area contributed by atoms with E-state index in [9.17, 15) is 4.79 Å². The molecule has 20 heavy (non-hydrogen) atoms. The van der Waals surface area contributed by atoms with Crippen molar-refractivity contribution in [3.63, 3.8) is 0 Å². The third-order valence-electron chi connectivity index (χ3n) is 3.58. The number of aromatic carboxylic acids is 1. The minimum Gasteiger partial charge on any atom is -0.478 e. The number of aliphatic hydroxyl groups is 1. The molecular weight excluding hydrogens is 256 g/mol. The molecule has 2 aromatic rings. The monoisotopic (exact) mass is 276 g/mol. The topological polar surface area (TPSA) is 75.3 Å². The zero-order chi connectivity index (χ0) is 14.7. The van der Waals surface area contributed by atoms with Gasteiger partial charge in [0, 0.05) is 13.2 Å². The first-order valence-electron chi connectivity index (χ1n) is 6.84. The van der Waals surface area contributed by atoms with Gasteiger partial charge in [0.25, 0.3) is 0 Å². The van der Waals surface area contributed by atoms with Gasteiger partial charge < -0.3 is 14.8 Å². The molecule has 0 bridgehead atoms. The summed E-state index contributed by atoms with van der Waals surface area (Å²) in [6.07, 6.45) is 1.87. The van der Waals surface area contributed by atoms with Crippen molar-refractivity contribution < 1.29 is 15.0 Å². The number of aryl methyl sites for hydroxylation is 2. The minimum atomic E-state index is -0.925. The van der Waals surface area contributed by atoms with E-state index in [0.717, 1.165) is 36.2 Å². The fourth-order valence-corrected chi connectivity index (χ4v) is 2.35. The van der Waals surface area contributed by atoms with Gasteiger partial charge in [-0.15, -0.1) is 0 Å². The van der Waals surface area contributed by atoms with E-state index < -0.39 is 5.97 Å². The Hall–Kier alpha value is -1.88. The number of imidazole rings is 1. The molecule has 1 aromatic carbocycles. The Morgan fingerprint density at radius 3 is 2.85 bits per heavy atom. The average Bonchev–Trinajstić information content (AvgIpc) is 2.74. The van der Waals surface area contributed by atoms with Crippen LogP contribution in [0.3, 0.4) is 0 Å². The van der Waals surface area contributed by atoms with E-state index in [1.165, 1.54) is 0 Å². The lowest BCUT2D eigenvalue weighted by molar-refractivity contribution is 0.0697. The maximum absolute atomic E-state index is 11.0. The molecule has 0 saturated heterocycles. The average molecular weight is 276 g/mol. The summed E-state index contributed by atoms with van der Waals surface area (Å²) in [6, 6.07) is 5.00. The first-order valence-corrected chi connectivity index (χ1v) is 6.84. The van der Waals surface area contributed by atoms with Crippen LogP contribution in [0.4, 0.5) is 0 Å². The van der Waals surface area contributed by atoms with Crippen LogP contribution < -0.4 is 0 Å². The zero-order valence-electron chi connectivity index (χ0n) is 11.8. The van der Waals surface area contributed by atoms with Crippen molar-refractivity contribution in [2.45, 2.75) is 33.2 Å². The van der Waals surface area contributed by atoms with Crippen molar-refractivity contribution in [3.8, 4) is 0 Å². The van der Waals surface area contributed by atoms with Crippen molar-refractivity contribution in [1.82, 2.24) is 9.55 Å². The molecule has 0 fully saturated rings. The molecule has 0 spiro atoms. The number of benzene rings is 1. The highest BCUT2D eigenvalue weighted by Crippen LogP contribution is 2.19. The van der Waals surface area contributed by atoms with E-state index in [4.69, 9.17) is 10.2 Å². The van der Waals surface area contributed by atoms with Crippen molar-refractivity contribution in [2.75, 3.05) is 6.61 Å². The number of fused-ring (bicyclic) bond motifs is 1. The van der Waals surface area contributed by atoms with Gasteiger partial charge in [-0.2, -0.15) is 0 Å². The van der Waals surface area contributed by atoms with Gasteiger partial charge in [-0.05, 0) is 43.9 Å². The third kappa shape index (κ3) is 2.99. The van der Waals surface area contributed by atoms with E-state index in [2.05, 4.69) is 4.98 Å². The van der Waals surface area contributed by atoms with E-state index in [1.54, 1.807) is 18.2 Å². The molecule has 1 heterocycles. The Kier molecular flexibility index (Phi) is 4.39.